The van der Waals surface area contributed by atoms with Gasteiger partial charge in [-0.15, -0.1) is 0 Å². The van der Waals surface area contributed by atoms with Gasteiger partial charge >= 0.3 is 6.18 Å². The van der Waals surface area contributed by atoms with Crippen LogP contribution in [0.15, 0.2) is 36.8 Å². The van der Waals surface area contributed by atoms with Gasteiger partial charge in [0, 0.05) is 5.56 Å². The van der Waals surface area contributed by atoms with Crippen molar-refractivity contribution in [2.24, 2.45) is 0 Å². The zero-order valence-corrected chi connectivity index (χ0v) is 10.1. The molecular formula is C11H8BrF3O2. The zero-order valence-electron chi connectivity index (χ0n) is 8.50. The Kier molecular flexibility index (Phi) is 3.07. The molecule has 2 rings (SSSR count). The van der Waals surface area contributed by atoms with Gasteiger partial charge in [0.2, 0.25) is 0 Å². The van der Waals surface area contributed by atoms with Crippen LogP contribution in [-0.2, 0) is 21.4 Å². The van der Waals surface area contributed by atoms with Crippen LogP contribution in [0.4, 0.5) is 13.2 Å². The average molecular weight is 309 g/mol. The van der Waals surface area contributed by atoms with Crippen molar-refractivity contribution >= 4 is 15.9 Å². The van der Waals surface area contributed by atoms with E-state index in [2.05, 4.69) is 15.9 Å². The molecule has 0 amide bonds. The fraction of sp³-hybridized carbons (Fsp3) is 0.273. The van der Waals surface area contributed by atoms with Crippen LogP contribution >= 0.6 is 15.9 Å². The molecule has 0 bridgehead atoms. The standard InChI is InChI=1S/C11H8BrF3O2/c12-7-10(16-5-6-17-10)8-1-3-9(4-2-8)11(13,14)15/h1-6H,7H2. The van der Waals surface area contributed by atoms with Gasteiger partial charge in [0.05, 0.1) is 10.9 Å². The second-order valence-corrected chi connectivity index (χ2v) is 4.03. The van der Waals surface area contributed by atoms with Crippen molar-refractivity contribution in [3.05, 3.63) is 47.9 Å². The Labute approximate surface area is 104 Å². The summed E-state index contributed by atoms with van der Waals surface area (Å²) >= 11 is 3.22. The van der Waals surface area contributed by atoms with E-state index in [9.17, 15) is 13.2 Å². The summed E-state index contributed by atoms with van der Waals surface area (Å²) in [7, 11) is 0. The normalized spacial score (nSPS) is 17.6. The molecule has 0 spiro atoms. The number of benzene rings is 1. The van der Waals surface area contributed by atoms with Crippen molar-refractivity contribution in [1.29, 1.82) is 0 Å². The zero-order chi connectivity index (χ0) is 12.5. The van der Waals surface area contributed by atoms with Crippen LogP contribution < -0.4 is 0 Å². The maximum atomic E-state index is 12.4. The maximum absolute atomic E-state index is 12.4. The second-order valence-electron chi connectivity index (χ2n) is 3.47. The highest BCUT2D eigenvalue weighted by molar-refractivity contribution is 9.09. The van der Waals surface area contributed by atoms with E-state index in [1.54, 1.807) is 0 Å². The Hall–Kier alpha value is -1.17. The molecule has 92 valence electrons. The van der Waals surface area contributed by atoms with Gasteiger partial charge in [-0.25, -0.2) is 0 Å². The molecule has 2 nitrogen and oxygen atoms in total. The van der Waals surface area contributed by atoms with Gasteiger partial charge in [-0.1, -0.05) is 28.1 Å². The third-order valence-corrected chi connectivity index (χ3v) is 3.14. The highest BCUT2D eigenvalue weighted by Gasteiger charge is 2.38. The Morgan fingerprint density at radius 2 is 1.59 bits per heavy atom. The van der Waals surface area contributed by atoms with Crippen molar-refractivity contribution in [3.63, 3.8) is 0 Å². The quantitative estimate of drug-likeness (QED) is 0.774. The Morgan fingerprint density at radius 1 is 1.06 bits per heavy atom. The van der Waals surface area contributed by atoms with E-state index in [0.717, 1.165) is 12.1 Å². The van der Waals surface area contributed by atoms with Crippen molar-refractivity contribution < 1.29 is 22.6 Å². The number of ether oxygens (including phenoxy) is 2. The first-order valence-electron chi connectivity index (χ1n) is 4.72. The van der Waals surface area contributed by atoms with Crippen LogP contribution in [-0.4, -0.2) is 5.33 Å². The monoisotopic (exact) mass is 308 g/mol. The van der Waals surface area contributed by atoms with Crippen molar-refractivity contribution in [2.75, 3.05) is 5.33 Å². The van der Waals surface area contributed by atoms with E-state index in [1.165, 1.54) is 24.7 Å². The van der Waals surface area contributed by atoms with E-state index in [4.69, 9.17) is 9.47 Å². The third-order valence-electron chi connectivity index (χ3n) is 2.40. The molecule has 6 heteroatoms. The van der Waals surface area contributed by atoms with E-state index >= 15 is 0 Å². The molecule has 0 fully saturated rings. The summed E-state index contributed by atoms with van der Waals surface area (Å²) in [5.41, 5.74) is -0.177. The Balaban J connectivity index is 2.29. The molecule has 0 radical (unpaired) electrons. The molecule has 1 aromatic carbocycles. The van der Waals surface area contributed by atoms with Crippen LogP contribution in [0.25, 0.3) is 0 Å². The Morgan fingerprint density at radius 3 is 2.00 bits per heavy atom. The molecule has 1 aliphatic heterocycles. The smallest absolute Gasteiger partial charge is 0.416 e. The summed E-state index contributed by atoms with van der Waals surface area (Å²) in [5.74, 6) is -1.07. The number of hydrogen-bond donors (Lipinski definition) is 0. The number of rotatable bonds is 2. The van der Waals surface area contributed by atoms with Gasteiger partial charge in [-0.2, -0.15) is 13.2 Å². The molecule has 0 aliphatic carbocycles. The molecule has 0 saturated carbocycles. The van der Waals surface area contributed by atoms with Crippen LogP contribution in [0.1, 0.15) is 11.1 Å². The van der Waals surface area contributed by atoms with Crippen LogP contribution in [0, 0.1) is 0 Å². The minimum Gasteiger partial charge on any atom is -0.452 e. The highest BCUT2D eigenvalue weighted by atomic mass is 79.9. The van der Waals surface area contributed by atoms with Crippen LogP contribution in [0.5, 0.6) is 0 Å². The summed E-state index contributed by atoms with van der Waals surface area (Å²) in [6, 6.07) is 4.70. The fourth-order valence-electron chi connectivity index (χ4n) is 1.49. The van der Waals surface area contributed by atoms with Gasteiger partial charge in [-0.05, 0) is 12.1 Å². The summed E-state index contributed by atoms with van der Waals surface area (Å²) in [5, 5.41) is 0.318. The number of alkyl halides is 4. The van der Waals surface area contributed by atoms with Crippen LogP contribution in [0.2, 0.25) is 0 Å². The molecule has 0 aromatic heterocycles. The highest BCUT2D eigenvalue weighted by Crippen LogP contribution is 2.36. The molecule has 1 aliphatic rings. The van der Waals surface area contributed by atoms with Gasteiger partial charge in [0.25, 0.3) is 5.79 Å². The van der Waals surface area contributed by atoms with Gasteiger partial charge in [-0.3, -0.25) is 0 Å². The first-order valence-corrected chi connectivity index (χ1v) is 5.84. The van der Waals surface area contributed by atoms with Crippen LogP contribution in [0.3, 0.4) is 0 Å². The molecular weight excluding hydrogens is 301 g/mol. The maximum Gasteiger partial charge on any atom is 0.416 e. The summed E-state index contributed by atoms with van der Waals surface area (Å²) in [4.78, 5) is 0. The topological polar surface area (TPSA) is 18.5 Å². The molecule has 0 saturated heterocycles. The van der Waals surface area contributed by atoms with E-state index in [0.29, 0.717) is 10.9 Å². The van der Waals surface area contributed by atoms with Crippen molar-refractivity contribution in [2.45, 2.75) is 12.0 Å². The number of halogens is 4. The third kappa shape index (κ3) is 2.26. The molecule has 1 heterocycles. The molecule has 17 heavy (non-hydrogen) atoms. The van der Waals surface area contributed by atoms with E-state index in [1.807, 2.05) is 0 Å². The van der Waals surface area contributed by atoms with Crippen molar-refractivity contribution in [1.82, 2.24) is 0 Å². The lowest BCUT2D eigenvalue weighted by Crippen LogP contribution is -2.28. The largest absolute Gasteiger partial charge is 0.452 e. The fourth-order valence-corrected chi connectivity index (χ4v) is 2.08. The van der Waals surface area contributed by atoms with Crippen molar-refractivity contribution in [3.8, 4) is 0 Å². The molecule has 0 atom stereocenters. The second kappa shape index (κ2) is 4.25. The first kappa shape index (κ1) is 12.3. The summed E-state index contributed by atoms with van der Waals surface area (Å²) in [6.45, 7) is 0. The summed E-state index contributed by atoms with van der Waals surface area (Å²) < 4.78 is 47.7. The minimum absolute atomic E-state index is 0.318. The lowest BCUT2D eigenvalue weighted by atomic mass is 10.1. The van der Waals surface area contributed by atoms with E-state index in [-0.39, 0.29) is 0 Å². The predicted octanol–water partition coefficient (Wildman–Crippen LogP) is 3.77. The molecule has 0 N–H and O–H groups in total. The minimum atomic E-state index is -4.34. The first-order chi connectivity index (χ1) is 7.98. The predicted molar refractivity (Wildman–Crippen MR) is 58.2 cm³/mol. The molecule has 1 aromatic rings. The molecule has 0 unspecified atom stereocenters. The van der Waals surface area contributed by atoms with Gasteiger partial charge < -0.3 is 9.47 Å². The summed E-state index contributed by atoms with van der Waals surface area (Å²) in [6.07, 6.45) is -1.62. The van der Waals surface area contributed by atoms with E-state index < -0.39 is 17.5 Å². The van der Waals surface area contributed by atoms with Gasteiger partial charge in [0.1, 0.15) is 12.5 Å². The number of hydrogen-bond acceptors (Lipinski definition) is 2. The lowest BCUT2D eigenvalue weighted by molar-refractivity contribution is -0.138. The Bertz CT molecular complexity index is 417. The SMILES string of the molecule is FC(F)(F)c1ccc(C2(CBr)OC=CO2)cc1. The average Bonchev–Trinajstić information content (AvgIpc) is 2.78. The van der Waals surface area contributed by atoms with Gasteiger partial charge in [0.15, 0.2) is 0 Å². The lowest BCUT2D eigenvalue weighted by Gasteiger charge is -2.26.